The van der Waals surface area contributed by atoms with Crippen LogP contribution in [-0.2, 0) is 0 Å². The number of aromatic nitrogens is 2. The number of aryl methyl sites for hydroxylation is 1. The molecule has 0 aromatic carbocycles. The van der Waals surface area contributed by atoms with E-state index < -0.39 is 0 Å². The maximum atomic E-state index is 6.12. The summed E-state index contributed by atoms with van der Waals surface area (Å²) >= 11 is 1.75. The molecule has 0 unspecified atom stereocenters. The molecule has 3 N–H and O–H groups in total. The molecule has 1 saturated heterocycles. The molecule has 0 spiro atoms. The van der Waals surface area contributed by atoms with Crippen LogP contribution in [-0.4, -0.2) is 46.6 Å². The number of rotatable bonds is 4. The van der Waals surface area contributed by atoms with E-state index in [0.717, 1.165) is 40.3 Å². The van der Waals surface area contributed by atoms with Gasteiger partial charge in [0, 0.05) is 37.3 Å². The van der Waals surface area contributed by atoms with Crippen molar-refractivity contribution in [1.82, 2.24) is 14.3 Å². The molecule has 0 saturated carbocycles. The van der Waals surface area contributed by atoms with Gasteiger partial charge in [0.25, 0.3) is 0 Å². The predicted molar refractivity (Wildman–Crippen MR) is 92.6 cm³/mol. The zero-order valence-corrected chi connectivity index (χ0v) is 13.7. The number of aliphatic imine (C=N–C) groups is 2. The van der Waals surface area contributed by atoms with Crippen LogP contribution >= 0.6 is 11.9 Å². The monoisotopic (exact) mass is 316 g/mol. The number of nitrogens with one attached hydrogen (secondary N) is 1. The van der Waals surface area contributed by atoms with Crippen LogP contribution < -0.4 is 5.73 Å². The van der Waals surface area contributed by atoms with Gasteiger partial charge in [-0.25, -0.2) is 14.3 Å². The minimum atomic E-state index is 0.465. The summed E-state index contributed by atoms with van der Waals surface area (Å²) in [7, 11) is 1.67. The normalized spacial score (nSPS) is 17.1. The Bertz CT molecular complexity index is 727. The van der Waals surface area contributed by atoms with E-state index in [0.29, 0.717) is 5.84 Å². The molecule has 1 aliphatic heterocycles. The summed E-state index contributed by atoms with van der Waals surface area (Å²) in [5, 5.41) is 2.10. The van der Waals surface area contributed by atoms with Crippen molar-refractivity contribution in [3.05, 3.63) is 23.4 Å². The molecule has 0 bridgehead atoms. The highest BCUT2D eigenvalue weighted by Crippen LogP contribution is 2.30. The Hall–Kier alpha value is -1.86. The van der Waals surface area contributed by atoms with Crippen molar-refractivity contribution in [2.45, 2.75) is 24.8 Å². The van der Waals surface area contributed by atoms with Gasteiger partial charge in [-0.15, -0.1) is 0 Å². The summed E-state index contributed by atoms with van der Waals surface area (Å²) in [5.74, 6) is 0.465. The van der Waals surface area contributed by atoms with Crippen molar-refractivity contribution in [1.29, 1.82) is 0 Å². The number of nitrogens with two attached hydrogens (primary N) is 1. The predicted octanol–water partition coefficient (Wildman–Crippen LogP) is 2.34. The smallest absolute Gasteiger partial charge is 0.138 e. The summed E-state index contributed by atoms with van der Waals surface area (Å²) in [5.41, 5.74) is 8.90. The van der Waals surface area contributed by atoms with Crippen molar-refractivity contribution < 1.29 is 0 Å². The van der Waals surface area contributed by atoms with Crippen LogP contribution in [0.5, 0.6) is 0 Å². The molecule has 0 aliphatic carbocycles. The standard InChI is InChI=1S/C15H20N6S/c1-10-8-18-15-11(13(10)14(16)19-9-17-2)7-12(20-15)22-21-5-3-4-6-21/h7-9H,3-6H2,1-2H3,(H,18,20)(H2,16,17,19). The third-order valence-corrected chi connectivity index (χ3v) is 4.72. The van der Waals surface area contributed by atoms with Crippen LogP contribution in [0.3, 0.4) is 0 Å². The molecule has 3 rings (SSSR count). The molecule has 2 aromatic heterocycles. The largest absolute Gasteiger partial charge is 0.383 e. The minimum Gasteiger partial charge on any atom is -0.383 e. The van der Waals surface area contributed by atoms with Crippen molar-refractivity contribution in [3.8, 4) is 0 Å². The number of H-pyrrole nitrogens is 1. The average Bonchev–Trinajstić information content (AvgIpc) is 3.14. The fourth-order valence-corrected chi connectivity index (χ4v) is 3.67. The number of nitrogens with zero attached hydrogens (tertiary/aromatic N) is 4. The van der Waals surface area contributed by atoms with Gasteiger partial charge < -0.3 is 10.7 Å². The highest BCUT2D eigenvalue weighted by Gasteiger charge is 2.17. The third kappa shape index (κ3) is 3.00. The lowest BCUT2D eigenvalue weighted by atomic mass is 10.1. The van der Waals surface area contributed by atoms with Gasteiger partial charge >= 0.3 is 0 Å². The SMILES string of the molecule is CN=CN=C(N)c1c(C)cnc2[nH]c(SN3CCCC3)cc12. The van der Waals surface area contributed by atoms with Crippen LogP contribution in [0, 0.1) is 6.92 Å². The zero-order valence-electron chi connectivity index (χ0n) is 12.8. The minimum absolute atomic E-state index is 0.465. The van der Waals surface area contributed by atoms with Crippen molar-refractivity contribution in [3.63, 3.8) is 0 Å². The van der Waals surface area contributed by atoms with E-state index in [-0.39, 0.29) is 0 Å². The van der Waals surface area contributed by atoms with E-state index in [2.05, 4.69) is 30.3 Å². The molecule has 116 valence electrons. The fourth-order valence-electron chi connectivity index (χ4n) is 2.64. The van der Waals surface area contributed by atoms with Crippen molar-refractivity contribution in [2.24, 2.45) is 15.7 Å². The van der Waals surface area contributed by atoms with Gasteiger partial charge in [-0.1, -0.05) is 0 Å². The first-order valence-electron chi connectivity index (χ1n) is 7.34. The van der Waals surface area contributed by atoms with E-state index in [1.54, 1.807) is 19.0 Å². The third-order valence-electron chi connectivity index (χ3n) is 3.68. The quantitative estimate of drug-likeness (QED) is 0.515. The van der Waals surface area contributed by atoms with Crippen LogP contribution in [0.1, 0.15) is 24.0 Å². The molecule has 1 fully saturated rings. The van der Waals surface area contributed by atoms with Crippen LogP contribution in [0.15, 0.2) is 27.3 Å². The molecule has 3 heterocycles. The Labute approximate surface area is 134 Å². The number of aromatic amines is 1. The van der Waals surface area contributed by atoms with E-state index in [1.807, 2.05) is 13.1 Å². The van der Waals surface area contributed by atoms with Gasteiger partial charge in [0.15, 0.2) is 0 Å². The second-order valence-electron chi connectivity index (χ2n) is 5.33. The first-order valence-corrected chi connectivity index (χ1v) is 8.12. The molecular weight excluding hydrogens is 296 g/mol. The van der Waals surface area contributed by atoms with Gasteiger partial charge in [-0.05, 0) is 43.3 Å². The lowest BCUT2D eigenvalue weighted by Crippen LogP contribution is -2.15. The maximum Gasteiger partial charge on any atom is 0.138 e. The Kier molecular flexibility index (Phi) is 4.44. The number of fused-ring (bicyclic) bond motifs is 1. The highest BCUT2D eigenvalue weighted by atomic mass is 32.2. The Morgan fingerprint density at radius 2 is 2.23 bits per heavy atom. The second kappa shape index (κ2) is 6.50. The van der Waals surface area contributed by atoms with Gasteiger partial charge in [0.1, 0.15) is 17.8 Å². The first-order chi connectivity index (χ1) is 10.7. The molecule has 0 amide bonds. The summed E-state index contributed by atoms with van der Waals surface area (Å²) < 4.78 is 2.37. The second-order valence-corrected chi connectivity index (χ2v) is 6.47. The summed E-state index contributed by atoms with van der Waals surface area (Å²) in [6.07, 6.45) is 5.83. The average molecular weight is 316 g/mol. The lowest BCUT2D eigenvalue weighted by Gasteiger charge is -2.10. The van der Waals surface area contributed by atoms with Gasteiger partial charge in [-0.2, -0.15) is 0 Å². The lowest BCUT2D eigenvalue weighted by molar-refractivity contribution is 0.585. The number of amidine groups is 1. The summed E-state index contributed by atoms with van der Waals surface area (Å²) in [6, 6.07) is 2.11. The Balaban J connectivity index is 2.00. The van der Waals surface area contributed by atoms with Crippen LogP contribution in [0.2, 0.25) is 0 Å². The van der Waals surface area contributed by atoms with Crippen LogP contribution in [0.25, 0.3) is 11.0 Å². The Morgan fingerprint density at radius 1 is 1.45 bits per heavy atom. The maximum absolute atomic E-state index is 6.12. The molecule has 0 radical (unpaired) electrons. The molecule has 7 heteroatoms. The highest BCUT2D eigenvalue weighted by molar-refractivity contribution is 7.97. The number of hydrogen-bond donors (Lipinski definition) is 2. The molecule has 22 heavy (non-hydrogen) atoms. The molecule has 2 aromatic rings. The van der Waals surface area contributed by atoms with Gasteiger partial charge in [0.05, 0.1) is 5.03 Å². The molecular formula is C15H20N6S. The van der Waals surface area contributed by atoms with Crippen LogP contribution in [0.4, 0.5) is 0 Å². The van der Waals surface area contributed by atoms with E-state index >= 15 is 0 Å². The molecule has 1 aliphatic rings. The first kappa shape index (κ1) is 15.1. The van der Waals surface area contributed by atoms with E-state index in [4.69, 9.17) is 5.73 Å². The van der Waals surface area contributed by atoms with Crippen molar-refractivity contribution >= 4 is 35.2 Å². The zero-order chi connectivity index (χ0) is 15.5. The molecule has 0 atom stereocenters. The van der Waals surface area contributed by atoms with E-state index in [9.17, 15) is 0 Å². The molecule has 6 nitrogen and oxygen atoms in total. The fraction of sp³-hybridized carbons (Fsp3) is 0.400. The number of hydrogen-bond acceptors (Lipinski definition) is 4. The van der Waals surface area contributed by atoms with E-state index in [1.165, 1.54) is 19.2 Å². The summed E-state index contributed by atoms with van der Waals surface area (Å²) in [4.78, 5) is 15.9. The van der Waals surface area contributed by atoms with Crippen molar-refractivity contribution in [2.75, 3.05) is 20.1 Å². The number of pyridine rings is 1. The Morgan fingerprint density at radius 3 is 2.95 bits per heavy atom. The van der Waals surface area contributed by atoms with Gasteiger partial charge in [0.2, 0.25) is 0 Å². The summed E-state index contributed by atoms with van der Waals surface area (Å²) in [6.45, 7) is 4.26. The topological polar surface area (TPSA) is 82.7 Å². The van der Waals surface area contributed by atoms with Gasteiger partial charge in [-0.3, -0.25) is 4.99 Å².